The van der Waals surface area contributed by atoms with E-state index in [1.54, 1.807) is 0 Å². The molecular formula is C17H28O4. The molecule has 0 aromatic rings. The van der Waals surface area contributed by atoms with Gasteiger partial charge in [0.15, 0.2) is 11.9 Å². The lowest BCUT2D eigenvalue weighted by molar-refractivity contribution is -0.571. The smallest absolute Gasteiger partial charge is 0.201 e. The molecule has 4 aliphatic heterocycles. The molecule has 21 heavy (non-hydrogen) atoms. The minimum atomic E-state index is -0.642. The van der Waals surface area contributed by atoms with Gasteiger partial charge in [0.2, 0.25) is 5.79 Å². The summed E-state index contributed by atoms with van der Waals surface area (Å²) in [5.41, 5.74) is -0.390. The van der Waals surface area contributed by atoms with E-state index in [2.05, 4.69) is 20.8 Å². The summed E-state index contributed by atoms with van der Waals surface area (Å²) < 4.78 is 12.7. The van der Waals surface area contributed by atoms with Crippen LogP contribution >= 0.6 is 0 Å². The molecular weight excluding hydrogens is 268 g/mol. The zero-order chi connectivity index (χ0) is 14.8. The van der Waals surface area contributed by atoms with Crippen molar-refractivity contribution in [2.75, 3.05) is 0 Å². The van der Waals surface area contributed by atoms with Crippen molar-refractivity contribution in [3.05, 3.63) is 0 Å². The zero-order valence-electron chi connectivity index (χ0n) is 13.6. The van der Waals surface area contributed by atoms with Crippen molar-refractivity contribution in [3.63, 3.8) is 0 Å². The normalized spacial score (nSPS) is 59.4. The van der Waals surface area contributed by atoms with Crippen LogP contribution in [0.4, 0.5) is 0 Å². The number of ether oxygens (including phenoxy) is 2. The van der Waals surface area contributed by atoms with E-state index in [1.165, 1.54) is 12.8 Å². The van der Waals surface area contributed by atoms with Crippen LogP contribution in [0.1, 0.15) is 59.8 Å². The third-order valence-electron chi connectivity index (χ3n) is 6.70. The van der Waals surface area contributed by atoms with E-state index in [-0.39, 0.29) is 12.4 Å². The van der Waals surface area contributed by atoms with Crippen molar-refractivity contribution in [3.8, 4) is 0 Å². The lowest BCUT2D eigenvalue weighted by Crippen LogP contribution is -2.70. The molecule has 0 aromatic heterocycles. The quantitative estimate of drug-likeness (QED) is 0.692. The summed E-state index contributed by atoms with van der Waals surface area (Å²) in [4.78, 5) is 11.9. The third-order valence-corrected chi connectivity index (χ3v) is 6.70. The summed E-state index contributed by atoms with van der Waals surface area (Å²) in [7, 11) is 0. The molecule has 5 aliphatic rings. The first-order chi connectivity index (χ1) is 10.00. The van der Waals surface area contributed by atoms with Gasteiger partial charge in [-0.3, -0.25) is 0 Å². The van der Waals surface area contributed by atoms with Crippen LogP contribution in [0.3, 0.4) is 0 Å². The van der Waals surface area contributed by atoms with E-state index in [0.29, 0.717) is 23.7 Å². The standard InChI is InChI=1S/C17H28O4/c1-5-14-11(3)13-7-6-10(2)12-8-9-16(4)19-15(18-14)17(12,13)21-20-16/h10-15H,5-9H2,1-4H3/t10-,11-,12+,13+,14?,15-,16+,17-/m1/s1. The van der Waals surface area contributed by atoms with Crippen LogP contribution in [0, 0.1) is 23.7 Å². The fraction of sp³-hybridized carbons (Fsp3) is 1.00. The van der Waals surface area contributed by atoms with Crippen LogP contribution in [0.25, 0.3) is 0 Å². The largest absolute Gasteiger partial charge is 0.346 e. The highest BCUT2D eigenvalue weighted by atomic mass is 17.3. The van der Waals surface area contributed by atoms with Gasteiger partial charge in [-0.2, -0.15) is 0 Å². The topological polar surface area (TPSA) is 36.9 Å². The Balaban J connectivity index is 1.79. The molecule has 2 bridgehead atoms. The van der Waals surface area contributed by atoms with Gasteiger partial charge in [0.1, 0.15) is 0 Å². The van der Waals surface area contributed by atoms with E-state index in [0.717, 1.165) is 19.3 Å². The second-order valence-corrected chi connectivity index (χ2v) is 7.85. The van der Waals surface area contributed by atoms with Crippen molar-refractivity contribution < 1.29 is 19.2 Å². The molecule has 5 fully saturated rings. The van der Waals surface area contributed by atoms with Crippen molar-refractivity contribution in [2.24, 2.45) is 23.7 Å². The van der Waals surface area contributed by atoms with Crippen LogP contribution in [0.2, 0.25) is 0 Å². The van der Waals surface area contributed by atoms with Crippen LogP contribution in [-0.2, 0) is 19.2 Å². The molecule has 1 saturated carbocycles. The summed E-state index contributed by atoms with van der Waals surface area (Å²) in [5.74, 6) is 1.45. The Kier molecular flexibility index (Phi) is 3.21. The number of hydrogen-bond acceptors (Lipinski definition) is 4. The molecule has 8 atom stereocenters. The first kappa shape index (κ1) is 14.4. The lowest BCUT2D eigenvalue weighted by Gasteiger charge is -2.60. The van der Waals surface area contributed by atoms with E-state index in [1.807, 2.05) is 6.92 Å². The summed E-state index contributed by atoms with van der Waals surface area (Å²) in [6, 6.07) is 0. The number of fused-ring (bicyclic) bond motifs is 2. The van der Waals surface area contributed by atoms with Gasteiger partial charge < -0.3 is 9.47 Å². The molecule has 4 heterocycles. The Bertz CT molecular complexity index is 427. The molecule has 120 valence electrons. The highest BCUT2D eigenvalue weighted by Gasteiger charge is 2.69. The molecule has 0 aromatic carbocycles. The second kappa shape index (κ2) is 4.67. The summed E-state index contributed by atoms with van der Waals surface area (Å²) in [5, 5.41) is 0. The first-order valence-electron chi connectivity index (χ1n) is 8.70. The van der Waals surface area contributed by atoms with E-state index in [4.69, 9.17) is 19.2 Å². The first-order valence-corrected chi connectivity index (χ1v) is 8.70. The molecule has 0 radical (unpaired) electrons. The van der Waals surface area contributed by atoms with Gasteiger partial charge >= 0.3 is 0 Å². The minimum Gasteiger partial charge on any atom is -0.346 e. The number of rotatable bonds is 1. The van der Waals surface area contributed by atoms with Gasteiger partial charge in [0, 0.05) is 12.3 Å². The van der Waals surface area contributed by atoms with Crippen molar-refractivity contribution in [1.29, 1.82) is 0 Å². The maximum absolute atomic E-state index is 6.38. The minimum absolute atomic E-state index is 0.266. The van der Waals surface area contributed by atoms with Gasteiger partial charge in [-0.15, -0.1) is 0 Å². The predicted octanol–water partition coefficient (Wildman–Crippen LogP) is 3.65. The highest BCUT2D eigenvalue weighted by molar-refractivity contribution is 5.09. The maximum Gasteiger partial charge on any atom is 0.201 e. The van der Waals surface area contributed by atoms with Gasteiger partial charge in [-0.25, -0.2) is 9.78 Å². The van der Waals surface area contributed by atoms with Gasteiger partial charge in [0.25, 0.3) is 0 Å². The van der Waals surface area contributed by atoms with Crippen LogP contribution in [-0.4, -0.2) is 23.8 Å². The second-order valence-electron chi connectivity index (χ2n) is 7.85. The lowest BCUT2D eigenvalue weighted by atomic mass is 9.57. The predicted molar refractivity (Wildman–Crippen MR) is 77.1 cm³/mol. The molecule has 5 rings (SSSR count). The number of hydrogen-bond donors (Lipinski definition) is 0. The summed E-state index contributed by atoms with van der Waals surface area (Å²) in [6.07, 6.45) is 5.51. The zero-order valence-corrected chi connectivity index (χ0v) is 13.6. The maximum atomic E-state index is 6.38. The Hall–Kier alpha value is -0.160. The molecule has 0 N–H and O–H groups in total. The van der Waals surface area contributed by atoms with Crippen LogP contribution < -0.4 is 0 Å². The molecule has 1 unspecified atom stereocenters. The molecule has 0 amide bonds. The van der Waals surface area contributed by atoms with Gasteiger partial charge in [0.05, 0.1) is 6.10 Å². The average Bonchev–Trinajstić information content (AvgIpc) is 2.69. The molecule has 1 aliphatic carbocycles. The van der Waals surface area contributed by atoms with Gasteiger partial charge in [-0.05, 0) is 50.4 Å². The van der Waals surface area contributed by atoms with E-state index < -0.39 is 11.4 Å². The Labute approximate surface area is 127 Å². The fourth-order valence-electron chi connectivity index (χ4n) is 5.45. The average molecular weight is 296 g/mol. The van der Waals surface area contributed by atoms with Crippen molar-refractivity contribution in [1.82, 2.24) is 0 Å². The van der Waals surface area contributed by atoms with E-state index in [9.17, 15) is 0 Å². The summed E-state index contributed by atoms with van der Waals surface area (Å²) >= 11 is 0. The van der Waals surface area contributed by atoms with Crippen LogP contribution in [0.5, 0.6) is 0 Å². The SMILES string of the molecule is CCC1O[C@@H]2O[C@]3(C)CC[C@H]4[C@H](C)CC[C@@H]([C@H]1C)[C@@]24OO3. The molecule has 1 spiro atoms. The van der Waals surface area contributed by atoms with Crippen LogP contribution in [0.15, 0.2) is 0 Å². The monoisotopic (exact) mass is 296 g/mol. The fourth-order valence-corrected chi connectivity index (χ4v) is 5.45. The van der Waals surface area contributed by atoms with Crippen molar-refractivity contribution >= 4 is 0 Å². The highest BCUT2D eigenvalue weighted by Crippen LogP contribution is 2.60. The van der Waals surface area contributed by atoms with Gasteiger partial charge in [-0.1, -0.05) is 20.8 Å². The Morgan fingerprint density at radius 2 is 1.86 bits per heavy atom. The van der Waals surface area contributed by atoms with E-state index >= 15 is 0 Å². The molecule has 4 saturated heterocycles. The molecule has 4 nitrogen and oxygen atoms in total. The Morgan fingerprint density at radius 1 is 1.05 bits per heavy atom. The summed E-state index contributed by atoms with van der Waals surface area (Å²) in [6.45, 7) is 8.86. The Morgan fingerprint density at radius 3 is 2.62 bits per heavy atom. The third kappa shape index (κ3) is 1.82. The molecule has 4 heteroatoms. The van der Waals surface area contributed by atoms with Crippen molar-refractivity contribution in [2.45, 2.75) is 83.6 Å².